The predicted molar refractivity (Wildman–Crippen MR) is 76.2 cm³/mol. The molecule has 0 radical (unpaired) electrons. The molecule has 0 aromatic heterocycles. The molecule has 3 N–H and O–H groups in total. The van der Waals surface area contributed by atoms with Crippen LogP contribution in [-0.2, 0) is 14.4 Å². The average molecular weight is 296 g/mol. The van der Waals surface area contributed by atoms with Gasteiger partial charge in [0.1, 0.15) is 6.04 Å². The molecule has 0 bridgehead atoms. The molecule has 4 unspecified atom stereocenters. The molecule has 1 aliphatic carbocycles. The normalized spacial score (nSPS) is 32.9. The monoisotopic (exact) mass is 296 g/mol. The van der Waals surface area contributed by atoms with Crippen molar-refractivity contribution in [3.05, 3.63) is 0 Å². The number of rotatable bonds is 4. The van der Waals surface area contributed by atoms with Crippen molar-refractivity contribution >= 4 is 17.8 Å². The SMILES string of the molecule is CCC1CC(C(=O)O)C(C(=O)N2CCCCC2C(N)=O)C1. The second kappa shape index (κ2) is 6.45. The number of hydrogen-bond donors (Lipinski definition) is 2. The lowest BCUT2D eigenvalue weighted by Crippen LogP contribution is -2.53. The molecule has 1 aliphatic heterocycles. The van der Waals surface area contributed by atoms with Gasteiger partial charge in [0.2, 0.25) is 11.8 Å². The first-order valence-corrected chi connectivity index (χ1v) is 7.78. The van der Waals surface area contributed by atoms with Gasteiger partial charge >= 0.3 is 5.97 Å². The Morgan fingerprint density at radius 3 is 2.43 bits per heavy atom. The average Bonchev–Trinajstić information content (AvgIpc) is 2.91. The fourth-order valence-corrected chi connectivity index (χ4v) is 3.73. The quantitative estimate of drug-likeness (QED) is 0.807. The van der Waals surface area contributed by atoms with Crippen molar-refractivity contribution in [3.8, 4) is 0 Å². The van der Waals surface area contributed by atoms with E-state index in [-0.39, 0.29) is 11.8 Å². The number of carboxylic acid groups (broad SMARTS) is 1. The van der Waals surface area contributed by atoms with Crippen molar-refractivity contribution in [1.82, 2.24) is 4.90 Å². The zero-order valence-corrected chi connectivity index (χ0v) is 12.5. The second-order valence-electron chi connectivity index (χ2n) is 6.24. The van der Waals surface area contributed by atoms with E-state index in [9.17, 15) is 19.5 Å². The molecule has 1 saturated heterocycles. The molecular formula is C15H24N2O4. The number of nitrogens with zero attached hydrogens (tertiary/aromatic N) is 1. The zero-order chi connectivity index (χ0) is 15.6. The summed E-state index contributed by atoms with van der Waals surface area (Å²) in [5, 5.41) is 9.36. The van der Waals surface area contributed by atoms with E-state index < -0.39 is 29.8 Å². The number of carboxylic acids is 1. The van der Waals surface area contributed by atoms with Gasteiger partial charge in [-0.05, 0) is 38.0 Å². The molecule has 0 spiro atoms. The summed E-state index contributed by atoms with van der Waals surface area (Å²) < 4.78 is 0. The molecule has 2 aliphatic rings. The van der Waals surface area contributed by atoms with Crippen LogP contribution in [0.5, 0.6) is 0 Å². The summed E-state index contributed by atoms with van der Waals surface area (Å²) in [6, 6.07) is -0.568. The third kappa shape index (κ3) is 3.19. The summed E-state index contributed by atoms with van der Waals surface area (Å²) in [5.41, 5.74) is 5.39. The Kier molecular flexibility index (Phi) is 4.85. The van der Waals surface area contributed by atoms with Crippen molar-refractivity contribution in [2.24, 2.45) is 23.5 Å². The third-order valence-electron chi connectivity index (χ3n) is 4.99. The molecular weight excluding hydrogens is 272 g/mol. The molecule has 2 amide bonds. The van der Waals surface area contributed by atoms with Crippen LogP contribution >= 0.6 is 0 Å². The summed E-state index contributed by atoms with van der Waals surface area (Å²) in [4.78, 5) is 37.2. The van der Waals surface area contributed by atoms with Crippen LogP contribution in [0.4, 0.5) is 0 Å². The maximum absolute atomic E-state index is 12.7. The fraction of sp³-hybridized carbons (Fsp3) is 0.800. The molecule has 4 atom stereocenters. The third-order valence-corrected chi connectivity index (χ3v) is 4.99. The molecule has 1 saturated carbocycles. The highest BCUT2D eigenvalue weighted by Crippen LogP contribution is 2.40. The molecule has 21 heavy (non-hydrogen) atoms. The van der Waals surface area contributed by atoms with E-state index in [0.29, 0.717) is 25.8 Å². The van der Waals surface area contributed by atoms with E-state index in [1.54, 1.807) is 0 Å². The number of carbonyl (C=O) groups is 3. The summed E-state index contributed by atoms with van der Waals surface area (Å²) in [7, 11) is 0. The lowest BCUT2D eigenvalue weighted by atomic mass is 9.92. The Morgan fingerprint density at radius 2 is 1.86 bits per heavy atom. The van der Waals surface area contributed by atoms with Gasteiger partial charge < -0.3 is 15.7 Å². The van der Waals surface area contributed by atoms with Crippen LogP contribution in [-0.4, -0.2) is 40.4 Å². The Hall–Kier alpha value is -1.59. The summed E-state index contributed by atoms with van der Waals surface area (Å²) in [5.74, 6) is -2.44. The van der Waals surface area contributed by atoms with Gasteiger partial charge in [-0.25, -0.2) is 0 Å². The van der Waals surface area contributed by atoms with Crippen LogP contribution in [0.15, 0.2) is 0 Å². The summed E-state index contributed by atoms with van der Waals surface area (Å²) >= 11 is 0. The number of amides is 2. The van der Waals surface area contributed by atoms with Crippen LogP contribution in [0.2, 0.25) is 0 Å². The van der Waals surface area contributed by atoms with E-state index >= 15 is 0 Å². The van der Waals surface area contributed by atoms with Crippen molar-refractivity contribution in [2.75, 3.05) is 6.54 Å². The van der Waals surface area contributed by atoms with Crippen molar-refractivity contribution < 1.29 is 19.5 Å². The maximum atomic E-state index is 12.7. The van der Waals surface area contributed by atoms with Crippen LogP contribution in [0, 0.1) is 17.8 Å². The second-order valence-corrected chi connectivity index (χ2v) is 6.24. The van der Waals surface area contributed by atoms with Gasteiger partial charge in [-0.15, -0.1) is 0 Å². The number of hydrogen-bond acceptors (Lipinski definition) is 3. The van der Waals surface area contributed by atoms with E-state index in [0.717, 1.165) is 19.3 Å². The number of carbonyl (C=O) groups excluding carboxylic acids is 2. The Bertz CT molecular complexity index is 437. The van der Waals surface area contributed by atoms with Crippen LogP contribution in [0.3, 0.4) is 0 Å². The van der Waals surface area contributed by atoms with E-state index in [4.69, 9.17) is 5.73 Å². The van der Waals surface area contributed by atoms with E-state index in [1.807, 2.05) is 6.92 Å². The minimum atomic E-state index is -0.906. The van der Waals surface area contributed by atoms with Gasteiger partial charge in [0.15, 0.2) is 0 Å². The number of likely N-dealkylation sites (tertiary alicyclic amines) is 1. The van der Waals surface area contributed by atoms with Gasteiger partial charge in [-0.1, -0.05) is 13.3 Å². The summed E-state index contributed by atoms with van der Waals surface area (Å²) in [6.45, 7) is 2.52. The number of nitrogens with two attached hydrogens (primary N) is 1. The van der Waals surface area contributed by atoms with E-state index in [2.05, 4.69) is 0 Å². The molecule has 2 rings (SSSR count). The number of piperidine rings is 1. The first-order chi connectivity index (χ1) is 9.95. The fourth-order valence-electron chi connectivity index (χ4n) is 3.73. The van der Waals surface area contributed by atoms with Crippen LogP contribution in [0.25, 0.3) is 0 Å². The van der Waals surface area contributed by atoms with Gasteiger partial charge in [0.05, 0.1) is 11.8 Å². The van der Waals surface area contributed by atoms with E-state index in [1.165, 1.54) is 4.90 Å². The molecule has 6 nitrogen and oxygen atoms in total. The van der Waals surface area contributed by atoms with Gasteiger partial charge in [-0.3, -0.25) is 14.4 Å². The smallest absolute Gasteiger partial charge is 0.307 e. The summed E-state index contributed by atoms with van der Waals surface area (Å²) in [6.07, 6.45) is 4.35. The van der Waals surface area contributed by atoms with Crippen molar-refractivity contribution in [3.63, 3.8) is 0 Å². The molecule has 2 fully saturated rings. The zero-order valence-electron chi connectivity index (χ0n) is 12.5. The standard InChI is InChI=1S/C15H24N2O4/c1-2-9-7-10(11(8-9)15(20)21)14(19)17-6-4-3-5-12(17)13(16)18/h9-12H,2-8H2,1H3,(H2,16,18)(H,20,21). The highest BCUT2D eigenvalue weighted by molar-refractivity contribution is 5.90. The van der Waals surface area contributed by atoms with Gasteiger partial charge in [-0.2, -0.15) is 0 Å². The minimum Gasteiger partial charge on any atom is -0.481 e. The molecule has 0 aromatic rings. The van der Waals surface area contributed by atoms with Crippen LogP contribution in [0.1, 0.15) is 45.4 Å². The highest BCUT2D eigenvalue weighted by atomic mass is 16.4. The van der Waals surface area contributed by atoms with Crippen molar-refractivity contribution in [2.45, 2.75) is 51.5 Å². The maximum Gasteiger partial charge on any atom is 0.307 e. The largest absolute Gasteiger partial charge is 0.481 e. The topological polar surface area (TPSA) is 101 Å². The molecule has 0 aromatic carbocycles. The van der Waals surface area contributed by atoms with Gasteiger partial charge in [0.25, 0.3) is 0 Å². The lowest BCUT2D eigenvalue weighted by Gasteiger charge is -2.36. The number of aliphatic carboxylic acids is 1. The molecule has 118 valence electrons. The Morgan fingerprint density at radius 1 is 1.19 bits per heavy atom. The minimum absolute atomic E-state index is 0.193. The van der Waals surface area contributed by atoms with Crippen molar-refractivity contribution in [1.29, 1.82) is 0 Å². The first kappa shape index (κ1) is 15.8. The molecule has 1 heterocycles. The predicted octanol–water partition coefficient (Wildman–Crippen LogP) is 0.990. The van der Waals surface area contributed by atoms with Crippen LogP contribution < -0.4 is 5.73 Å². The first-order valence-electron chi connectivity index (χ1n) is 7.78. The Balaban J connectivity index is 2.16. The lowest BCUT2D eigenvalue weighted by molar-refractivity contribution is -0.152. The Labute approximate surface area is 124 Å². The highest BCUT2D eigenvalue weighted by Gasteiger charge is 2.45. The molecule has 6 heteroatoms. The number of primary amides is 1. The van der Waals surface area contributed by atoms with Gasteiger partial charge in [0, 0.05) is 6.54 Å².